The molecule has 0 saturated carbocycles. The number of unbranched alkanes of at least 4 members (excludes halogenated alkanes) is 1. The summed E-state index contributed by atoms with van der Waals surface area (Å²) in [5.74, 6) is 0.610. The Morgan fingerprint density at radius 1 is 1.16 bits per heavy atom. The summed E-state index contributed by atoms with van der Waals surface area (Å²) in [7, 11) is 6.74. The number of alkyl halides is 3. The van der Waals surface area contributed by atoms with Gasteiger partial charge in [0.2, 0.25) is 0 Å². The molecule has 0 aromatic heterocycles. The lowest BCUT2D eigenvalue weighted by molar-refractivity contribution is -0.296. The molecule has 0 aliphatic rings. The smallest absolute Gasteiger partial charge is 0.421 e. The summed E-state index contributed by atoms with van der Waals surface area (Å²) < 4.78 is 56.2. The van der Waals surface area contributed by atoms with Gasteiger partial charge in [0.05, 0.1) is 14.5 Å². The van der Waals surface area contributed by atoms with Gasteiger partial charge in [0, 0.05) is 7.11 Å². The van der Waals surface area contributed by atoms with Crippen molar-refractivity contribution in [1.82, 2.24) is 0 Å². The molecule has 0 bridgehead atoms. The van der Waals surface area contributed by atoms with Crippen molar-refractivity contribution in [3.8, 4) is 5.75 Å². The third-order valence-electron chi connectivity index (χ3n) is 3.99. The Morgan fingerprint density at radius 3 is 2.44 bits per heavy atom. The van der Waals surface area contributed by atoms with E-state index in [2.05, 4.69) is 4.74 Å². The van der Waals surface area contributed by atoms with Gasteiger partial charge in [-0.05, 0) is 43.0 Å². The van der Waals surface area contributed by atoms with Gasteiger partial charge in [-0.1, -0.05) is 32.2 Å². The molecule has 0 spiro atoms. The number of aryl methyl sites for hydroxylation is 1. The van der Waals surface area contributed by atoms with Gasteiger partial charge in [-0.15, -0.1) is 0 Å². The van der Waals surface area contributed by atoms with Crippen LogP contribution < -0.4 is 4.74 Å². The van der Waals surface area contributed by atoms with Crippen molar-refractivity contribution in [2.45, 2.75) is 57.6 Å². The molecule has 140 valence electrons. The van der Waals surface area contributed by atoms with Crippen LogP contribution in [0.25, 0.3) is 0 Å². The Morgan fingerprint density at radius 2 is 1.88 bits per heavy atom. The fourth-order valence-corrected chi connectivity index (χ4v) is 2.42. The minimum atomic E-state index is -4.57. The number of benzene rings is 1. The maximum atomic E-state index is 13.6. The van der Waals surface area contributed by atoms with Crippen molar-refractivity contribution in [3.63, 3.8) is 0 Å². The lowest BCUT2D eigenvalue weighted by Crippen LogP contribution is -2.42. The first-order valence-corrected chi connectivity index (χ1v) is 8.46. The maximum Gasteiger partial charge on any atom is 0.421 e. The molecule has 1 aromatic carbocycles. The highest BCUT2D eigenvalue weighted by molar-refractivity contribution is 6.08. The maximum absolute atomic E-state index is 13.6. The van der Waals surface area contributed by atoms with Crippen LogP contribution in [-0.2, 0) is 21.5 Å². The van der Waals surface area contributed by atoms with Gasteiger partial charge in [0.25, 0.3) is 0 Å². The Kier molecular flexibility index (Phi) is 8.79. The fourth-order valence-electron chi connectivity index (χ4n) is 2.42. The Labute approximate surface area is 149 Å². The molecular formula is C18H26BF3O3. The minimum absolute atomic E-state index is 0.0369. The highest BCUT2D eigenvalue weighted by atomic mass is 19.4. The summed E-state index contributed by atoms with van der Waals surface area (Å²) in [5.41, 5.74) is -1.66. The van der Waals surface area contributed by atoms with E-state index in [4.69, 9.17) is 17.3 Å². The van der Waals surface area contributed by atoms with Crippen LogP contribution in [0, 0.1) is 0 Å². The van der Waals surface area contributed by atoms with Crippen molar-refractivity contribution in [1.29, 1.82) is 0 Å². The molecule has 0 heterocycles. The molecule has 2 radical (unpaired) electrons. The summed E-state index contributed by atoms with van der Waals surface area (Å²) in [6.07, 6.45) is -0.912. The van der Waals surface area contributed by atoms with Crippen LogP contribution in [0.15, 0.2) is 18.2 Å². The predicted molar refractivity (Wildman–Crippen MR) is 92.1 cm³/mol. The minimum Gasteiger partial charge on any atom is -0.493 e. The standard InChI is InChI=1S/C18H26BF3O3/c1-4-7-14-12-15(8-9-16(14)24-11-6-5-10-19)17(2,18(20,21)22)25-13-23-3/h8-9,12H,4-7,10-11,13H2,1-3H3. The van der Waals surface area contributed by atoms with E-state index in [0.717, 1.165) is 31.7 Å². The first kappa shape index (κ1) is 21.8. The Balaban J connectivity index is 3.11. The van der Waals surface area contributed by atoms with Crippen LogP contribution >= 0.6 is 0 Å². The third kappa shape index (κ3) is 5.92. The molecule has 1 unspecified atom stereocenters. The summed E-state index contributed by atoms with van der Waals surface area (Å²) >= 11 is 0. The van der Waals surface area contributed by atoms with Crippen molar-refractivity contribution >= 4 is 7.85 Å². The molecule has 1 atom stereocenters. The molecule has 0 fully saturated rings. The van der Waals surface area contributed by atoms with Crippen LogP contribution in [0.1, 0.15) is 44.2 Å². The topological polar surface area (TPSA) is 27.7 Å². The van der Waals surface area contributed by atoms with Crippen molar-refractivity contribution in [3.05, 3.63) is 29.3 Å². The lowest BCUT2D eigenvalue weighted by Gasteiger charge is -2.32. The summed E-state index contributed by atoms with van der Waals surface area (Å²) in [6, 6.07) is 4.51. The monoisotopic (exact) mass is 358 g/mol. The van der Waals surface area contributed by atoms with E-state index in [1.54, 1.807) is 6.07 Å². The normalized spacial score (nSPS) is 14.3. The van der Waals surface area contributed by atoms with Gasteiger partial charge in [-0.25, -0.2) is 0 Å². The number of rotatable bonds is 11. The van der Waals surface area contributed by atoms with Gasteiger partial charge < -0.3 is 14.2 Å². The second kappa shape index (κ2) is 10.1. The predicted octanol–water partition coefficient (Wildman–Crippen LogP) is 4.78. The summed E-state index contributed by atoms with van der Waals surface area (Å²) in [4.78, 5) is 0. The van der Waals surface area contributed by atoms with Crippen LogP contribution in [0.5, 0.6) is 5.75 Å². The number of ether oxygens (including phenoxy) is 3. The molecule has 0 aliphatic heterocycles. The lowest BCUT2D eigenvalue weighted by atomic mass is 9.92. The zero-order valence-electron chi connectivity index (χ0n) is 15.1. The molecule has 7 heteroatoms. The zero-order valence-corrected chi connectivity index (χ0v) is 15.1. The molecule has 0 aliphatic carbocycles. The number of halogens is 3. The largest absolute Gasteiger partial charge is 0.493 e. The second-order valence-electron chi connectivity index (χ2n) is 6.00. The SMILES string of the molecule is [B]CCCCOc1ccc(C(C)(OCOC)C(F)(F)F)cc1CCC. The van der Waals surface area contributed by atoms with Gasteiger partial charge in [-0.3, -0.25) is 0 Å². The van der Waals surface area contributed by atoms with Crippen molar-refractivity contribution < 1.29 is 27.4 Å². The van der Waals surface area contributed by atoms with E-state index < -0.39 is 18.6 Å². The third-order valence-corrected chi connectivity index (χ3v) is 3.99. The first-order valence-electron chi connectivity index (χ1n) is 8.46. The molecule has 3 nitrogen and oxygen atoms in total. The molecule has 0 amide bonds. The Bertz CT molecular complexity index is 523. The van der Waals surface area contributed by atoms with E-state index in [1.165, 1.54) is 19.2 Å². The van der Waals surface area contributed by atoms with E-state index in [1.807, 2.05) is 6.92 Å². The van der Waals surface area contributed by atoms with E-state index in [-0.39, 0.29) is 5.56 Å². The molecule has 1 rings (SSSR count). The van der Waals surface area contributed by atoms with E-state index in [0.29, 0.717) is 25.1 Å². The van der Waals surface area contributed by atoms with Crippen molar-refractivity contribution in [2.75, 3.05) is 20.5 Å². The molecule has 0 N–H and O–H groups in total. The average Bonchev–Trinajstić information content (AvgIpc) is 2.56. The van der Waals surface area contributed by atoms with Gasteiger partial charge in [0.1, 0.15) is 12.5 Å². The average molecular weight is 358 g/mol. The van der Waals surface area contributed by atoms with Gasteiger partial charge in [-0.2, -0.15) is 13.2 Å². The fraction of sp³-hybridized carbons (Fsp3) is 0.667. The molecular weight excluding hydrogens is 332 g/mol. The number of hydrogen-bond acceptors (Lipinski definition) is 3. The highest BCUT2D eigenvalue weighted by Gasteiger charge is 2.54. The Hall–Kier alpha value is -1.21. The van der Waals surface area contributed by atoms with Crippen LogP contribution in [0.2, 0.25) is 6.32 Å². The highest BCUT2D eigenvalue weighted by Crippen LogP contribution is 2.43. The summed E-state index contributed by atoms with van der Waals surface area (Å²) in [6.45, 7) is 3.02. The molecule has 1 aromatic rings. The first-order chi connectivity index (χ1) is 11.8. The molecule has 25 heavy (non-hydrogen) atoms. The van der Waals surface area contributed by atoms with Crippen LogP contribution in [-0.4, -0.2) is 34.5 Å². The zero-order chi connectivity index (χ0) is 18.9. The van der Waals surface area contributed by atoms with Crippen molar-refractivity contribution in [2.24, 2.45) is 0 Å². The molecule has 0 saturated heterocycles. The quantitative estimate of drug-likeness (QED) is 0.324. The van der Waals surface area contributed by atoms with Crippen LogP contribution in [0.4, 0.5) is 13.2 Å². The van der Waals surface area contributed by atoms with Gasteiger partial charge in [0.15, 0.2) is 5.60 Å². The van der Waals surface area contributed by atoms with E-state index >= 15 is 0 Å². The van der Waals surface area contributed by atoms with Crippen LogP contribution in [0.3, 0.4) is 0 Å². The number of methoxy groups -OCH3 is 1. The second-order valence-corrected chi connectivity index (χ2v) is 6.00. The summed E-state index contributed by atoms with van der Waals surface area (Å²) in [5, 5.41) is 0. The van der Waals surface area contributed by atoms with E-state index in [9.17, 15) is 13.2 Å². The number of hydrogen-bond donors (Lipinski definition) is 0. The van der Waals surface area contributed by atoms with Gasteiger partial charge >= 0.3 is 6.18 Å².